The number of carbonyl (C=O) groups excluding carboxylic acids is 2. The van der Waals surface area contributed by atoms with Gasteiger partial charge in [0.05, 0.1) is 12.8 Å². The lowest BCUT2D eigenvalue weighted by Crippen LogP contribution is -2.52. The standard InChI is InChI=1S/C18H25N3O4S/c1-26(24,25)21-9-7-19(8-10-21)18(23)14-20-13-16(12-17(20)22)11-15-5-3-2-4-6-15/h2-6,16H,7-14H2,1H3/t16-/m0/s1. The van der Waals surface area contributed by atoms with Gasteiger partial charge in [-0.3, -0.25) is 9.59 Å². The van der Waals surface area contributed by atoms with Crippen LogP contribution in [0.5, 0.6) is 0 Å². The van der Waals surface area contributed by atoms with E-state index in [0.29, 0.717) is 39.1 Å². The molecule has 0 spiro atoms. The molecule has 7 nitrogen and oxygen atoms in total. The lowest BCUT2D eigenvalue weighted by atomic mass is 9.99. The summed E-state index contributed by atoms with van der Waals surface area (Å²) in [6.07, 6.45) is 2.49. The summed E-state index contributed by atoms with van der Waals surface area (Å²) in [7, 11) is -3.21. The molecule has 2 fully saturated rings. The van der Waals surface area contributed by atoms with Gasteiger partial charge in [0.15, 0.2) is 0 Å². The van der Waals surface area contributed by atoms with Crippen molar-refractivity contribution in [3.63, 3.8) is 0 Å². The Morgan fingerprint density at radius 2 is 1.77 bits per heavy atom. The number of carbonyl (C=O) groups is 2. The lowest BCUT2D eigenvalue weighted by molar-refractivity contribution is -0.139. The highest BCUT2D eigenvalue weighted by Gasteiger charge is 2.33. The molecule has 2 aliphatic rings. The Morgan fingerprint density at radius 1 is 1.12 bits per heavy atom. The number of hydrogen-bond acceptors (Lipinski definition) is 4. The highest BCUT2D eigenvalue weighted by Crippen LogP contribution is 2.22. The number of rotatable bonds is 5. The van der Waals surface area contributed by atoms with Crippen LogP contribution in [-0.2, 0) is 26.0 Å². The van der Waals surface area contributed by atoms with Crippen LogP contribution in [-0.4, -0.2) is 79.9 Å². The molecule has 2 aliphatic heterocycles. The van der Waals surface area contributed by atoms with Crippen molar-refractivity contribution in [1.29, 1.82) is 0 Å². The number of amides is 2. The molecule has 1 aromatic rings. The largest absolute Gasteiger partial charge is 0.339 e. The van der Waals surface area contributed by atoms with Crippen LogP contribution >= 0.6 is 0 Å². The van der Waals surface area contributed by atoms with Crippen molar-refractivity contribution < 1.29 is 18.0 Å². The van der Waals surface area contributed by atoms with E-state index in [4.69, 9.17) is 0 Å². The van der Waals surface area contributed by atoms with Gasteiger partial charge in [0.1, 0.15) is 0 Å². The molecule has 26 heavy (non-hydrogen) atoms. The van der Waals surface area contributed by atoms with Gasteiger partial charge in [-0.25, -0.2) is 8.42 Å². The number of piperazine rings is 1. The molecule has 8 heteroatoms. The first-order valence-electron chi connectivity index (χ1n) is 8.87. The summed E-state index contributed by atoms with van der Waals surface area (Å²) in [4.78, 5) is 28.0. The van der Waals surface area contributed by atoms with Crippen molar-refractivity contribution in [1.82, 2.24) is 14.1 Å². The molecule has 1 aromatic carbocycles. The molecule has 0 N–H and O–H groups in total. The first-order chi connectivity index (χ1) is 12.3. The van der Waals surface area contributed by atoms with E-state index in [9.17, 15) is 18.0 Å². The Kier molecular flexibility index (Phi) is 5.62. The molecule has 2 heterocycles. The van der Waals surface area contributed by atoms with E-state index in [1.54, 1.807) is 9.80 Å². The molecule has 3 rings (SSSR count). The Hall–Kier alpha value is -1.93. The van der Waals surface area contributed by atoms with Crippen molar-refractivity contribution in [3.05, 3.63) is 35.9 Å². The zero-order chi connectivity index (χ0) is 18.7. The summed E-state index contributed by atoms with van der Waals surface area (Å²) < 4.78 is 24.5. The van der Waals surface area contributed by atoms with Gasteiger partial charge in [-0.1, -0.05) is 30.3 Å². The SMILES string of the molecule is CS(=O)(=O)N1CCN(C(=O)CN2C[C@@H](Cc3ccccc3)CC2=O)CC1. The predicted molar refractivity (Wildman–Crippen MR) is 97.8 cm³/mol. The molecule has 1 atom stereocenters. The predicted octanol–water partition coefficient (Wildman–Crippen LogP) is 0.181. The lowest BCUT2D eigenvalue weighted by Gasteiger charge is -2.34. The molecule has 0 bridgehead atoms. The molecular formula is C18H25N3O4S. The summed E-state index contributed by atoms with van der Waals surface area (Å²) in [5, 5.41) is 0. The molecule has 2 amide bonds. The van der Waals surface area contributed by atoms with Gasteiger partial charge in [-0.2, -0.15) is 4.31 Å². The quantitative estimate of drug-likeness (QED) is 0.731. The van der Waals surface area contributed by atoms with Crippen LogP contribution in [0.1, 0.15) is 12.0 Å². The second-order valence-corrected chi connectivity index (χ2v) is 9.06. The zero-order valence-corrected chi connectivity index (χ0v) is 15.8. The summed E-state index contributed by atoms with van der Waals surface area (Å²) in [5.41, 5.74) is 1.20. The first-order valence-corrected chi connectivity index (χ1v) is 10.7. The smallest absolute Gasteiger partial charge is 0.242 e. The maximum atomic E-state index is 12.5. The number of nitrogens with zero attached hydrogens (tertiary/aromatic N) is 3. The summed E-state index contributed by atoms with van der Waals surface area (Å²) in [6, 6.07) is 10.1. The van der Waals surface area contributed by atoms with Crippen LogP contribution in [0.25, 0.3) is 0 Å². The van der Waals surface area contributed by atoms with E-state index in [0.717, 1.165) is 6.42 Å². The fraction of sp³-hybridized carbons (Fsp3) is 0.556. The molecule has 2 saturated heterocycles. The summed E-state index contributed by atoms with van der Waals surface area (Å²) in [6.45, 7) is 2.07. The Balaban J connectivity index is 1.50. The maximum Gasteiger partial charge on any atom is 0.242 e. The first kappa shape index (κ1) is 18.8. The van der Waals surface area contributed by atoms with Crippen molar-refractivity contribution in [2.24, 2.45) is 5.92 Å². The molecular weight excluding hydrogens is 354 g/mol. The van der Waals surface area contributed by atoms with Crippen LogP contribution < -0.4 is 0 Å². The Morgan fingerprint density at radius 3 is 2.38 bits per heavy atom. The van der Waals surface area contributed by atoms with E-state index in [-0.39, 0.29) is 24.3 Å². The molecule has 0 saturated carbocycles. The molecule has 0 unspecified atom stereocenters. The highest BCUT2D eigenvalue weighted by molar-refractivity contribution is 7.88. The minimum absolute atomic E-state index is 0.0223. The molecule has 0 aromatic heterocycles. The van der Waals surface area contributed by atoms with Gasteiger partial charge < -0.3 is 9.80 Å². The average Bonchev–Trinajstić information content (AvgIpc) is 2.94. The summed E-state index contributed by atoms with van der Waals surface area (Å²) >= 11 is 0. The zero-order valence-electron chi connectivity index (χ0n) is 15.0. The third-order valence-electron chi connectivity index (χ3n) is 5.05. The Bertz CT molecular complexity index is 758. The van der Waals surface area contributed by atoms with Crippen LogP contribution in [0.3, 0.4) is 0 Å². The fourth-order valence-corrected chi connectivity index (χ4v) is 4.45. The maximum absolute atomic E-state index is 12.5. The second-order valence-electron chi connectivity index (χ2n) is 7.08. The van der Waals surface area contributed by atoms with Crippen LogP contribution in [0, 0.1) is 5.92 Å². The number of sulfonamides is 1. The molecule has 0 aliphatic carbocycles. The Labute approximate surface area is 154 Å². The third kappa shape index (κ3) is 4.62. The van der Waals surface area contributed by atoms with E-state index in [1.165, 1.54) is 16.1 Å². The third-order valence-corrected chi connectivity index (χ3v) is 6.35. The summed E-state index contributed by atoms with van der Waals surface area (Å²) in [5.74, 6) is 0.153. The minimum Gasteiger partial charge on any atom is -0.339 e. The van der Waals surface area contributed by atoms with Crippen molar-refractivity contribution in [2.75, 3.05) is 45.5 Å². The van der Waals surface area contributed by atoms with Gasteiger partial charge >= 0.3 is 0 Å². The van der Waals surface area contributed by atoms with Crippen molar-refractivity contribution in [2.45, 2.75) is 12.8 Å². The minimum atomic E-state index is -3.21. The van der Waals surface area contributed by atoms with Gasteiger partial charge in [-0.15, -0.1) is 0 Å². The normalized spacial score (nSPS) is 22.0. The van der Waals surface area contributed by atoms with Crippen LogP contribution in [0.15, 0.2) is 30.3 Å². The van der Waals surface area contributed by atoms with Gasteiger partial charge in [0, 0.05) is 39.1 Å². The van der Waals surface area contributed by atoms with Gasteiger partial charge in [-0.05, 0) is 17.9 Å². The number of hydrogen-bond donors (Lipinski definition) is 0. The van der Waals surface area contributed by atoms with Gasteiger partial charge in [0.25, 0.3) is 0 Å². The average molecular weight is 379 g/mol. The van der Waals surface area contributed by atoms with Crippen LogP contribution in [0.4, 0.5) is 0 Å². The van der Waals surface area contributed by atoms with E-state index < -0.39 is 10.0 Å². The van der Waals surface area contributed by atoms with Crippen molar-refractivity contribution in [3.8, 4) is 0 Å². The second kappa shape index (κ2) is 7.75. The monoisotopic (exact) mass is 379 g/mol. The fourth-order valence-electron chi connectivity index (χ4n) is 3.62. The van der Waals surface area contributed by atoms with E-state index in [1.807, 2.05) is 18.2 Å². The van der Waals surface area contributed by atoms with E-state index >= 15 is 0 Å². The number of likely N-dealkylation sites (tertiary alicyclic amines) is 1. The molecule has 142 valence electrons. The topological polar surface area (TPSA) is 78.0 Å². The highest BCUT2D eigenvalue weighted by atomic mass is 32.2. The van der Waals surface area contributed by atoms with Crippen molar-refractivity contribution >= 4 is 21.8 Å². The molecule has 0 radical (unpaired) electrons. The van der Waals surface area contributed by atoms with E-state index in [2.05, 4.69) is 12.1 Å². The number of benzene rings is 1. The van der Waals surface area contributed by atoms with Gasteiger partial charge in [0.2, 0.25) is 21.8 Å². The van der Waals surface area contributed by atoms with Crippen LogP contribution in [0.2, 0.25) is 0 Å².